The molecular weight excluding hydrogens is 294 g/mol. The maximum atomic E-state index is 12.3. The Labute approximate surface area is 141 Å². The molecule has 1 amide bonds. The third kappa shape index (κ3) is 10.2. The Morgan fingerprint density at radius 3 is 2.13 bits per heavy atom. The molecule has 0 aliphatic carbocycles. The van der Waals surface area contributed by atoms with Crippen LogP contribution in [-0.4, -0.2) is 43.3 Å². The highest BCUT2D eigenvalue weighted by Gasteiger charge is 2.30. The van der Waals surface area contributed by atoms with Gasteiger partial charge in [-0.1, -0.05) is 53.9 Å². The zero-order valence-corrected chi connectivity index (χ0v) is 15.8. The van der Waals surface area contributed by atoms with E-state index in [1.165, 1.54) is 4.90 Å². The number of esters is 1. The SMILES string of the molecule is CCCCCCOC(=O)N(C)[C@@H](CC(C)C)C(=O)OCC(C)C. The largest absolute Gasteiger partial charge is 0.464 e. The van der Waals surface area contributed by atoms with Crippen LogP contribution in [-0.2, 0) is 14.3 Å². The Morgan fingerprint density at radius 1 is 0.957 bits per heavy atom. The monoisotopic (exact) mass is 329 g/mol. The summed E-state index contributed by atoms with van der Waals surface area (Å²) in [6.45, 7) is 10.9. The molecule has 0 spiro atoms. The third-order valence-electron chi connectivity index (χ3n) is 3.50. The molecule has 0 saturated carbocycles. The van der Waals surface area contributed by atoms with Crippen molar-refractivity contribution in [3.8, 4) is 0 Å². The highest BCUT2D eigenvalue weighted by atomic mass is 16.6. The Balaban J connectivity index is 4.50. The summed E-state index contributed by atoms with van der Waals surface area (Å²) in [5.74, 6) is 0.207. The number of rotatable bonds is 11. The van der Waals surface area contributed by atoms with Crippen molar-refractivity contribution in [2.45, 2.75) is 72.8 Å². The number of hydrogen-bond acceptors (Lipinski definition) is 4. The van der Waals surface area contributed by atoms with Gasteiger partial charge in [0.25, 0.3) is 0 Å². The van der Waals surface area contributed by atoms with E-state index < -0.39 is 12.1 Å². The van der Waals surface area contributed by atoms with Crippen molar-refractivity contribution in [2.24, 2.45) is 11.8 Å². The van der Waals surface area contributed by atoms with Gasteiger partial charge in [0.1, 0.15) is 6.04 Å². The summed E-state index contributed by atoms with van der Waals surface area (Å²) in [6, 6.07) is -0.586. The summed E-state index contributed by atoms with van der Waals surface area (Å²) < 4.78 is 10.6. The quantitative estimate of drug-likeness (QED) is 0.420. The number of carbonyl (C=O) groups is 2. The first-order valence-electron chi connectivity index (χ1n) is 8.85. The number of hydrogen-bond donors (Lipinski definition) is 0. The van der Waals surface area contributed by atoms with Gasteiger partial charge in [0.2, 0.25) is 0 Å². The topological polar surface area (TPSA) is 55.8 Å². The van der Waals surface area contributed by atoms with Gasteiger partial charge >= 0.3 is 12.1 Å². The molecule has 0 rings (SSSR count). The normalized spacial score (nSPS) is 12.3. The van der Waals surface area contributed by atoms with Crippen LogP contribution in [0.2, 0.25) is 0 Å². The first-order chi connectivity index (χ1) is 10.8. The summed E-state index contributed by atoms with van der Waals surface area (Å²) in [7, 11) is 1.61. The van der Waals surface area contributed by atoms with E-state index in [2.05, 4.69) is 6.92 Å². The van der Waals surface area contributed by atoms with Crippen molar-refractivity contribution in [2.75, 3.05) is 20.3 Å². The standard InChI is InChI=1S/C18H35NO4/c1-7-8-9-10-11-22-18(21)19(6)16(12-14(2)3)17(20)23-13-15(4)5/h14-16H,7-13H2,1-6H3/t16-/m0/s1. The van der Waals surface area contributed by atoms with Gasteiger partial charge in [0.05, 0.1) is 13.2 Å². The van der Waals surface area contributed by atoms with Crippen molar-refractivity contribution in [3.63, 3.8) is 0 Å². The smallest absolute Gasteiger partial charge is 0.410 e. The van der Waals surface area contributed by atoms with E-state index in [9.17, 15) is 9.59 Å². The predicted molar refractivity (Wildman–Crippen MR) is 92.3 cm³/mol. The molecule has 0 heterocycles. The number of likely N-dealkylation sites (N-methyl/N-ethyl adjacent to an activating group) is 1. The van der Waals surface area contributed by atoms with E-state index in [1.807, 2.05) is 27.7 Å². The van der Waals surface area contributed by atoms with E-state index in [-0.39, 0.29) is 17.8 Å². The Kier molecular flexibility index (Phi) is 11.5. The molecule has 0 aliphatic rings. The number of unbranched alkanes of at least 4 members (excludes halogenated alkanes) is 3. The van der Waals surface area contributed by atoms with Crippen molar-refractivity contribution in [1.29, 1.82) is 0 Å². The van der Waals surface area contributed by atoms with Crippen LogP contribution in [0.1, 0.15) is 66.7 Å². The van der Waals surface area contributed by atoms with Gasteiger partial charge in [-0.05, 0) is 24.7 Å². The molecule has 0 aromatic carbocycles. The molecule has 23 heavy (non-hydrogen) atoms. The fourth-order valence-corrected chi connectivity index (χ4v) is 2.12. The van der Waals surface area contributed by atoms with Gasteiger partial charge in [-0.25, -0.2) is 9.59 Å². The minimum absolute atomic E-state index is 0.273. The molecule has 0 bridgehead atoms. The van der Waals surface area contributed by atoms with Gasteiger partial charge in [-0.15, -0.1) is 0 Å². The molecule has 0 aliphatic heterocycles. The van der Waals surface area contributed by atoms with Gasteiger partial charge in [0, 0.05) is 7.05 Å². The molecule has 0 fully saturated rings. The lowest BCUT2D eigenvalue weighted by Gasteiger charge is -2.27. The average Bonchev–Trinajstić information content (AvgIpc) is 2.48. The fourth-order valence-electron chi connectivity index (χ4n) is 2.12. The molecule has 0 radical (unpaired) electrons. The first kappa shape index (κ1) is 21.7. The van der Waals surface area contributed by atoms with Crippen molar-refractivity contribution >= 4 is 12.1 Å². The summed E-state index contributed by atoms with van der Waals surface area (Å²) in [6.07, 6.45) is 4.32. The van der Waals surface area contributed by atoms with Gasteiger partial charge in [-0.2, -0.15) is 0 Å². The Bertz CT molecular complexity index is 342. The van der Waals surface area contributed by atoms with Crippen molar-refractivity contribution < 1.29 is 19.1 Å². The lowest BCUT2D eigenvalue weighted by atomic mass is 10.0. The number of carbonyl (C=O) groups excluding carboxylic acids is 2. The molecule has 0 aromatic rings. The summed E-state index contributed by atoms with van der Waals surface area (Å²) in [5, 5.41) is 0. The second-order valence-corrected chi connectivity index (χ2v) is 6.96. The summed E-state index contributed by atoms with van der Waals surface area (Å²) in [4.78, 5) is 25.8. The van der Waals surface area contributed by atoms with Crippen molar-refractivity contribution in [3.05, 3.63) is 0 Å². The number of ether oxygens (including phenoxy) is 2. The fraction of sp³-hybridized carbons (Fsp3) is 0.889. The maximum Gasteiger partial charge on any atom is 0.410 e. The predicted octanol–water partition coefficient (Wildman–Crippen LogP) is 4.25. The van der Waals surface area contributed by atoms with E-state index in [1.54, 1.807) is 7.05 Å². The van der Waals surface area contributed by atoms with Crippen LogP contribution >= 0.6 is 0 Å². The summed E-state index contributed by atoms with van der Waals surface area (Å²) in [5.41, 5.74) is 0. The molecule has 5 heteroatoms. The van der Waals surface area contributed by atoms with Gasteiger partial charge < -0.3 is 9.47 Å². The van der Waals surface area contributed by atoms with Crippen LogP contribution in [0.3, 0.4) is 0 Å². The van der Waals surface area contributed by atoms with E-state index in [0.29, 0.717) is 19.6 Å². The minimum Gasteiger partial charge on any atom is -0.464 e. The summed E-state index contributed by atoms with van der Waals surface area (Å²) >= 11 is 0. The molecule has 0 unspecified atom stereocenters. The number of amides is 1. The highest BCUT2D eigenvalue weighted by molar-refractivity contribution is 5.81. The van der Waals surface area contributed by atoms with Crippen LogP contribution in [0.15, 0.2) is 0 Å². The van der Waals surface area contributed by atoms with Crippen molar-refractivity contribution in [1.82, 2.24) is 4.90 Å². The molecule has 0 saturated heterocycles. The highest BCUT2D eigenvalue weighted by Crippen LogP contribution is 2.14. The molecule has 0 N–H and O–H groups in total. The van der Waals surface area contributed by atoms with E-state index >= 15 is 0 Å². The average molecular weight is 329 g/mol. The second kappa shape index (κ2) is 12.2. The Hall–Kier alpha value is -1.26. The minimum atomic E-state index is -0.586. The van der Waals surface area contributed by atoms with Gasteiger partial charge in [0.15, 0.2) is 0 Å². The second-order valence-electron chi connectivity index (χ2n) is 6.96. The molecule has 1 atom stereocenters. The van der Waals surface area contributed by atoms with Crippen LogP contribution in [0.25, 0.3) is 0 Å². The zero-order chi connectivity index (χ0) is 17.8. The molecule has 0 aromatic heterocycles. The van der Waals surface area contributed by atoms with Gasteiger partial charge in [-0.3, -0.25) is 4.90 Å². The van der Waals surface area contributed by atoms with E-state index in [0.717, 1.165) is 25.7 Å². The molecule has 5 nitrogen and oxygen atoms in total. The molecular formula is C18H35NO4. The third-order valence-corrected chi connectivity index (χ3v) is 3.50. The van der Waals surface area contributed by atoms with Crippen LogP contribution in [0.4, 0.5) is 4.79 Å². The maximum absolute atomic E-state index is 12.3. The van der Waals surface area contributed by atoms with E-state index in [4.69, 9.17) is 9.47 Å². The Morgan fingerprint density at radius 2 is 1.61 bits per heavy atom. The van der Waals surface area contributed by atoms with Crippen LogP contribution in [0.5, 0.6) is 0 Å². The molecule has 136 valence electrons. The van der Waals surface area contributed by atoms with Crippen LogP contribution in [0, 0.1) is 11.8 Å². The lowest BCUT2D eigenvalue weighted by molar-refractivity contribution is -0.150. The zero-order valence-electron chi connectivity index (χ0n) is 15.8. The first-order valence-corrected chi connectivity index (χ1v) is 8.85. The van der Waals surface area contributed by atoms with Crippen LogP contribution < -0.4 is 0 Å². The number of nitrogens with zero attached hydrogens (tertiary/aromatic N) is 1. The lowest BCUT2D eigenvalue weighted by Crippen LogP contribution is -2.44.